The monoisotopic (exact) mass is 783 g/mol. The van der Waals surface area contributed by atoms with Crippen LogP contribution < -0.4 is 10.5 Å². The summed E-state index contributed by atoms with van der Waals surface area (Å²) in [7, 11) is -2.18. The summed E-state index contributed by atoms with van der Waals surface area (Å²) in [5.41, 5.74) is 7.86. The molecule has 0 aliphatic carbocycles. The first-order valence-electron chi connectivity index (χ1n) is 20.4. The molecule has 3 aromatic heterocycles. The Morgan fingerprint density at radius 2 is 1.55 bits per heavy atom. The normalized spacial score (nSPS) is 16.0. The highest BCUT2D eigenvalue weighted by Gasteiger charge is 2.30. The zero-order valence-corrected chi connectivity index (χ0v) is 34.4. The number of anilines is 1. The second-order valence-electron chi connectivity index (χ2n) is 13.4. The van der Waals surface area contributed by atoms with Gasteiger partial charge in [-0.2, -0.15) is 10.4 Å². The maximum Gasteiger partial charge on any atom is 0.330 e. The first-order valence-corrected chi connectivity index (χ1v) is 21.6. The molecular weight excluding hydrogens is 717 g/mol. The lowest BCUT2D eigenvalue weighted by Gasteiger charge is -2.21. The molecule has 4 unspecified atom stereocenters. The quantitative estimate of drug-likeness (QED) is 0.0526. The van der Waals surface area contributed by atoms with Gasteiger partial charge >= 0.3 is 8.60 Å². The molecule has 306 valence electrons. The summed E-state index contributed by atoms with van der Waals surface area (Å²) >= 11 is 0. The van der Waals surface area contributed by atoms with Gasteiger partial charge in [0.2, 0.25) is 5.88 Å². The Hall–Kier alpha value is -3.42. The number of aromatic nitrogens is 4. The largest absolute Gasteiger partial charge is 0.469 e. The number of nitrogens with zero attached hydrogens (tertiary/aromatic N) is 6. The number of unbranched alkanes of at least 4 members (excludes halogenated alkanes) is 15. The molecule has 0 bridgehead atoms. The van der Waals surface area contributed by atoms with Crippen LogP contribution in [0.4, 0.5) is 5.82 Å². The highest BCUT2D eigenvalue weighted by atomic mass is 31.2. The van der Waals surface area contributed by atoms with Crippen LogP contribution in [-0.4, -0.2) is 63.1 Å². The summed E-state index contributed by atoms with van der Waals surface area (Å²) < 4.78 is 31.2. The van der Waals surface area contributed by atoms with E-state index in [1.807, 2.05) is 32.0 Å². The Labute approximate surface area is 330 Å². The lowest BCUT2D eigenvalue weighted by atomic mass is 10.0. The van der Waals surface area contributed by atoms with Gasteiger partial charge in [-0.3, -0.25) is 0 Å². The minimum atomic E-state index is -2.18. The van der Waals surface area contributed by atoms with Crippen molar-refractivity contribution in [3.63, 3.8) is 0 Å². The SMILES string of the molecule is C#N.CC.CCCCCCCCCCCCCCCCCCOCC(COP(O)OCC1CCC(c2ccc3c(N)ncnn23)O1)Oc1cccc(C#N)n1. The summed E-state index contributed by atoms with van der Waals surface area (Å²) in [4.78, 5) is 18.8. The van der Waals surface area contributed by atoms with Crippen LogP contribution in [0, 0.1) is 23.2 Å². The summed E-state index contributed by atoms with van der Waals surface area (Å²) in [5.74, 6) is 0.714. The molecule has 4 rings (SSSR count). The number of nitriles is 2. The van der Waals surface area contributed by atoms with Crippen molar-refractivity contribution in [3.05, 3.63) is 48.0 Å². The fraction of sp³-hybridized carbons (Fsp3) is 0.683. The highest BCUT2D eigenvalue weighted by Crippen LogP contribution is 2.38. The smallest absolute Gasteiger partial charge is 0.330 e. The Morgan fingerprint density at radius 3 is 2.18 bits per heavy atom. The Morgan fingerprint density at radius 1 is 0.909 bits per heavy atom. The van der Waals surface area contributed by atoms with Crippen molar-refractivity contribution in [1.29, 1.82) is 10.5 Å². The van der Waals surface area contributed by atoms with Gasteiger partial charge in [-0.25, -0.2) is 19.7 Å². The number of hydrogen-bond donors (Lipinski definition) is 2. The van der Waals surface area contributed by atoms with Crippen LogP contribution in [0.5, 0.6) is 5.88 Å². The standard InChI is InChI=1S/C38H59N6O6P.C2H6.CHN/c1-2-3-4-5-6-7-8-9-10-11-12-13-14-15-16-17-25-46-27-33(50-37-20-18-19-31(26-39)43-37)29-48-51(45)47-28-32-21-24-36(49-32)34-22-23-35-38(40)41-30-42-44(34)35;2*1-2/h18-20,22-23,30,32-33,36,45H,2-17,21,24-25,27-29H2,1H3,(H2,40,41,42);1-2H3;1H. The fourth-order valence-corrected chi connectivity index (χ4v) is 7.05. The predicted molar refractivity (Wildman–Crippen MR) is 217 cm³/mol. The van der Waals surface area contributed by atoms with Gasteiger partial charge in [-0.1, -0.05) is 123 Å². The number of fused-ring (bicyclic) bond motifs is 1. The molecule has 1 fully saturated rings. The molecule has 1 saturated heterocycles. The maximum absolute atomic E-state index is 10.5. The number of ether oxygens (including phenoxy) is 3. The molecule has 1 aliphatic heterocycles. The number of pyridine rings is 1. The van der Waals surface area contributed by atoms with Crippen LogP contribution in [-0.2, 0) is 18.5 Å². The van der Waals surface area contributed by atoms with Crippen LogP contribution in [0.3, 0.4) is 0 Å². The van der Waals surface area contributed by atoms with Crippen molar-refractivity contribution in [2.45, 2.75) is 155 Å². The molecule has 0 radical (unpaired) electrons. The van der Waals surface area contributed by atoms with E-state index in [4.69, 9.17) is 34.3 Å². The molecule has 4 atom stereocenters. The van der Waals surface area contributed by atoms with E-state index in [2.05, 4.69) is 28.6 Å². The number of rotatable bonds is 28. The minimum Gasteiger partial charge on any atom is -0.469 e. The van der Waals surface area contributed by atoms with Gasteiger partial charge in [-0.05, 0) is 37.5 Å². The van der Waals surface area contributed by atoms with Crippen molar-refractivity contribution in [1.82, 2.24) is 19.6 Å². The second kappa shape index (κ2) is 30.8. The molecule has 0 aromatic carbocycles. The Balaban J connectivity index is 0.00000253. The van der Waals surface area contributed by atoms with Gasteiger partial charge in [-0.15, -0.1) is 0 Å². The van der Waals surface area contributed by atoms with Gasteiger partial charge in [0.05, 0.1) is 31.6 Å². The van der Waals surface area contributed by atoms with Crippen molar-refractivity contribution >= 4 is 19.9 Å². The van der Waals surface area contributed by atoms with Crippen molar-refractivity contribution in [2.75, 3.05) is 32.2 Å². The predicted octanol–water partition coefficient (Wildman–Crippen LogP) is 9.94. The number of nitrogens with two attached hydrogens (primary N) is 1. The molecule has 3 N–H and O–H groups in total. The summed E-state index contributed by atoms with van der Waals surface area (Å²) in [5, 5.41) is 20.0. The topological polar surface area (TPSA) is 183 Å². The molecule has 14 heteroatoms. The summed E-state index contributed by atoms with van der Waals surface area (Å²) in [6, 6.07) is 10.9. The Kier molecular flexibility index (Phi) is 26.7. The zero-order chi connectivity index (χ0) is 39.9. The molecule has 3 aromatic rings. The molecule has 0 saturated carbocycles. The lowest BCUT2D eigenvalue weighted by molar-refractivity contribution is 0.00130. The number of hydrogen-bond acceptors (Lipinski definition) is 12. The third-order valence-corrected chi connectivity index (χ3v) is 10.0. The van der Waals surface area contributed by atoms with E-state index in [9.17, 15) is 10.2 Å². The van der Waals surface area contributed by atoms with Crippen molar-refractivity contribution in [2.24, 2.45) is 0 Å². The molecule has 1 aliphatic rings. The third kappa shape index (κ3) is 19.3. The van der Waals surface area contributed by atoms with Crippen LogP contribution in [0.25, 0.3) is 5.52 Å². The highest BCUT2D eigenvalue weighted by molar-refractivity contribution is 7.40. The summed E-state index contributed by atoms with van der Waals surface area (Å²) in [6.07, 6.45) is 23.2. The third-order valence-electron chi connectivity index (χ3n) is 9.26. The van der Waals surface area contributed by atoms with E-state index in [1.54, 1.807) is 22.7 Å². The molecule has 0 amide bonds. The molecular formula is C41H66N7O6P. The van der Waals surface area contributed by atoms with Crippen LogP contribution in [0.1, 0.15) is 154 Å². The van der Waals surface area contributed by atoms with E-state index in [-0.39, 0.29) is 37.7 Å². The summed E-state index contributed by atoms with van der Waals surface area (Å²) in [6.45, 7) is 10.9. The molecule has 13 nitrogen and oxygen atoms in total. The van der Waals surface area contributed by atoms with Crippen molar-refractivity contribution < 1.29 is 28.2 Å². The van der Waals surface area contributed by atoms with Gasteiger partial charge in [0, 0.05) is 19.2 Å². The zero-order valence-electron chi connectivity index (χ0n) is 33.5. The van der Waals surface area contributed by atoms with E-state index in [0.717, 1.165) is 36.9 Å². The lowest BCUT2D eigenvalue weighted by Crippen LogP contribution is -2.29. The first kappa shape index (κ1) is 47.7. The molecule has 55 heavy (non-hydrogen) atoms. The van der Waals surface area contributed by atoms with E-state index >= 15 is 0 Å². The Bertz CT molecular complexity index is 1470. The second-order valence-corrected chi connectivity index (χ2v) is 14.4. The van der Waals surface area contributed by atoms with Crippen LogP contribution >= 0.6 is 8.60 Å². The molecule has 4 heterocycles. The van der Waals surface area contributed by atoms with Crippen LogP contribution in [0.15, 0.2) is 36.7 Å². The first-order chi connectivity index (χ1) is 27.1. The van der Waals surface area contributed by atoms with Gasteiger partial charge < -0.3 is 33.9 Å². The maximum atomic E-state index is 10.5. The average Bonchev–Trinajstić information content (AvgIpc) is 3.88. The fourth-order valence-electron chi connectivity index (χ4n) is 6.39. The average molecular weight is 784 g/mol. The minimum absolute atomic E-state index is 0.0328. The van der Waals surface area contributed by atoms with Crippen molar-refractivity contribution in [3.8, 4) is 18.5 Å². The van der Waals surface area contributed by atoms with Gasteiger partial charge in [0.15, 0.2) is 5.82 Å². The van der Waals surface area contributed by atoms with Gasteiger partial charge in [0.25, 0.3) is 0 Å². The van der Waals surface area contributed by atoms with E-state index in [0.29, 0.717) is 18.3 Å². The van der Waals surface area contributed by atoms with E-state index < -0.39 is 14.7 Å². The molecule has 0 spiro atoms. The van der Waals surface area contributed by atoms with Gasteiger partial charge in [0.1, 0.15) is 35.8 Å². The van der Waals surface area contributed by atoms with E-state index in [1.165, 1.54) is 96.2 Å². The van der Waals surface area contributed by atoms with Crippen LogP contribution in [0.2, 0.25) is 0 Å². The number of nitrogen functional groups attached to an aromatic ring is 1.